The molecule has 0 fully saturated rings. The summed E-state index contributed by atoms with van der Waals surface area (Å²) < 4.78 is 140. The molecule has 9 nitrogen and oxygen atoms in total. The van der Waals surface area contributed by atoms with E-state index in [9.17, 15) is 53.1 Å². The van der Waals surface area contributed by atoms with E-state index in [0.717, 1.165) is 0 Å². The first-order valence-corrected chi connectivity index (χ1v) is 8.94. The first-order chi connectivity index (χ1) is 13.2. The SMILES string of the molecule is N[C@@H](CCC(=O)O)C(=O)OCCCC(F)(F)C(F)(F)OC(F)(F)C(F)(F)S(=O)(=O)O. The fraction of sp³-hybridized carbons (Fsp3) is 0.833. The van der Waals surface area contributed by atoms with Crippen LogP contribution < -0.4 is 5.73 Å². The summed E-state index contributed by atoms with van der Waals surface area (Å²) in [6.45, 7) is -1.02. The van der Waals surface area contributed by atoms with Crippen molar-refractivity contribution in [2.75, 3.05) is 6.61 Å². The number of rotatable bonds is 13. The highest BCUT2D eigenvalue weighted by atomic mass is 32.2. The molecule has 0 saturated carbocycles. The van der Waals surface area contributed by atoms with E-state index in [4.69, 9.17) is 15.4 Å². The lowest BCUT2D eigenvalue weighted by atomic mass is 10.1. The zero-order chi connectivity index (χ0) is 24.2. The van der Waals surface area contributed by atoms with Gasteiger partial charge in [0.05, 0.1) is 6.61 Å². The highest BCUT2D eigenvalue weighted by molar-refractivity contribution is 7.86. The molecule has 0 bridgehead atoms. The number of aliphatic carboxylic acids is 1. The minimum Gasteiger partial charge on any atom is -0.481 e. The van der Waals surface area contributed by atoms with Crippen LogP contribution in [0.15, 0.2) is 0 Å². The van der Waals surface area contributed by atoms with Gasteiger partial charge in [0.15, 0.2) is 0 Å². The fourth-order valence-corrected chi connectivity index (χ4v) is 1.90. The summed E-state index contributed by atoms with van der Waals surface area (Å²) in [5.74, 6) is -8.19. The maximum Gasteiger partial charge on any atom is 0.460 e. The lowest BCUT2D eigenvalue weighted by Gasteiger charge is -2.31. The molecule has 0 aromatic heterocycles. The number of esters is 1. The Morgan fingerprint density at radius 1 is 1.00 bits per heavy atom. The lowest BCUT2D eigenvalue weighted by Crippen LogP contribution is -2.55. The van der Waals surface area contributed by atoms with Crippen LogP contribution in [0.2, 0.25) is 0 Å². The van der Waals surface area contributed by atoms with Crippen LogP contribution in [0, 0.1) is 0 Å². The number of hydrogen-bond donors (Lipinski definition) is 3. The van der Waals surface area contributed by atoms with Crippen LogP contribution in [0.3, 0.4) is 0 Å². The Balaban J connectivity index is 4.91. The third-order valence-corrected chi connectivity index (χ3v) is 4.08. The molecule has 1 atom stereocenters. The molecular weight excluding hydrogens is 470 g/mol. The molecule has 4 N–H and O–H groups in total. The molecule has 0 spiro atoms. The average Bonchev–Trinajstić information content (AvgIpc) is 2.53. The van der Waals surface area contributed by atoms with Crippen LogP contribution in [-0.4, -0.2) is 66.1 Å². The molecule has 0 aliphatic carbocycles. The summed E-state index contributed by atoms with van der Waals surface area (Å²) in [6, 6.07) is -1.49. The molecule has 0 aromatic carbocycles. The van der Waals surface area contributed by atoms with Crippen molar-refractivity contribution < 1.29 is 72.3 Å². The van der Waals surface area contributed by atoms with E-state index in [-0.39, 0.29) is 0 Å². The van der Waals surface area contributed by atoms with Gasteiger partial charge >= 0.3 is 45.5 Å². The van der Waals surface area contributed by atoms with E-state index in [1.54, 1.807) is 0 Å². The summed E-state index contributed by atoms with van der Waals surface area (Å²) in [6.07, 6.45) is -17.3. The maximum absolute atomic E-state index is 13.4. The highest BCUT2D eigenvalue weighted by Gasteiger charge is 2.73. The lowest BCUT2D eigenvalue weighted by molar-refractivity contribution is -0.456. The van der Waals surface area contributed by atoms with Gasteiger partial charge in [-0.25, -0.2) is 4.74 Å². The van der Waals surface area contributed by atoms with E-state index in [2.05, 4.69) is 9.47 Å². The summed E-state index contributed by atoms with van der Waals surface area (Å²) >= 11 is 0. The van der Waals surface area contributed by atoms with Gasteiger partial charge < -0.3 is 15.6 Å². The highest BCUT2D eigenvalue weighted by Crippen LogP contribution is 2.47. The Bertz CT molecular complexity index is 730. The van der Waals surface area contributed by atoms with Gasteiger partial charge in [-0.3, -0.25) is 14.1 Å². The third kappa shape index (κ3) is 7.17. The number of carbonyl (C=O) groups is 2. The van der Waals surface area contributed by atoms with Crippen LogP contribution >= 0.6 is 0 Å². The van der Waals surface area contributed by atoms with Crippen LogP contribution in [0.25, 0.3) is 0 Å². The van der Waals surface area contributed by atoms with Gasteiger partial charge in [-0.2, -0.15) is 43.5 Å². The van der Waals surface area contributed by atoms with Crippen LogP contribution in [0.4, 0.5) is 35.1 Å². The zero-order valence-electron chi connectivity index (χ0n) is 14.5. The topological polar surface area (TPSA) is 153 Å². The Morgan fingerprint density at radius 2 is 1.50 bits per heavy atom. The van der Waals surface area contributed by atoms with Crippen molar-refractivity contribution in [3.63, 3.8) is 0 Å². The van der Waals surface area contributed by atoms with Crippen molar-refractivity contribution in [1.82, 2.24) is 0 Å². The zero-order valence-corrected chi connectivity index (χ0v) is 15.3. The van der Waals surface area contributed by atoms with Crippen molar-refractivity contribution in [1.29, 1.82) is 0 Å². The van der Waals surface area contributed by atoms with Crippen molar-refractivity contribution in [2.24, 2.45) is 5.73 Å². The normalized spacial score (nSPS) is 15.0. The largest absolute Gasteiger partial charge is 0.481 e. The molecule has 178 valence electrons. The van der Waals surface area contributed by atoms with Gasteiger partial charge in [0.25, 0.3) is 0 Å². The second kappa shape index (κ2) is 9.56. The second-order valence-electron chi connectivity index (χ2n) is 5.64. The molecule has 0 saturated heterocycles. The van der Waals surface area contributed by atoms with Gasteiger partial charge in [-0.05, 0) is 12.8 Å². The molecule has 0 unspecified atom stereocenters. The maximum atomic E-state index is 13.4. The summed E-state index contributed by atoms with van der Waals surface area (Å²) in [5, 5.41) is 1.70. The molecule has 18 heteroatoms. The number of halogens is 8. The van der Waals surface area contributed by atoms with E-state index >= 15 is 0 Å². The Morgan fingerprint density at radius 3 is 1.93 bits per heavy atom. The van der Waals surface area contributed by atoms with Gasteiger partial charge in [-0.1, -0.05) is 0 Å². The number of carbonyl (C=O) groups excluding carboxylic acids is 1. The summed E-state index contributed by atoms with van der Waals surface area (Å²) in [7, 11) is -7.02. The third-order valence-electron chi connectivity index (χ3n) is 3.20. The summed E-state index contributed by atoms with van der Waals surface area (Å²) in [4.78, 5) is 21.6. The number of hydrogen-bond acceptors (Lipinski definition) is 7. The summed E-state index contributed by atoms with van der Waals surface area (Å²) in [5.41, 5.74) is 5.20. The Hall–Kier alpha value is -1.79. The Labute approximate surface area is 162 Å². The molecule has 0 radical (unpaired) electrons. The number of ether oxygens (including phenoxy) is 2. The predicted octanol–water partition coefficient (Wildman–Crippen LogP) is 1.82. The molecule has 0 rings (SSSR count). The molecular formula is C12H15F8NO8S. The van der Waals surface area contributed by atoms with Crippen LogP contribution in [-0.2, 0) is 29.2 Å². The van der Waals surface area contributed by atoms with E-state index in [1.165, 1.54) is 0 Å². The first kappa shape index (κ1) is 28.2. The molecule has 0 amide bonds. The number of alkyl halides is 8. The minimum atomic E-state index is -7.02. The molecule has 0 aromatic rings. The molecule has 0 aliphatic rings. The smallest absolute Gasteiger partial charge is 0.460 e. The number of carboxylic acids is 1. The minimum absolute atomic E-state index is 0.409. The monoisotopic (exact) mass is 485 g/mol. The molecule has 0 aliphatic heterocycles. The first-order valence-electron chi connectivity index (χ1n) is 7.50. The van der Waals surface area contributed by atoms with E-state index in [0.29, 0.717) is 0 Å². The number of nitrogens with two attached hydrogens (primary N) is 1. The van der Waals surface area contributed by atoms with Crippen LogP contribution in [0.5, 0.6) is 0 Å². The molecule has 0 heterocycles. The van der Waals surface area contributed by atoms with Crippen molar-refractivity contribution in [2.45, 2.75) is 55.1 Å². The second-order valence-corrected chi connectivity index (χ2v) is 7.10. The van der Waals surface area contributed by atoms with Gasteiger partial charge in [-0.15, -0.1) is 0 Å². The van der Waals surface area contributed by atoms with Gasteiger partial charge in [0.2, 0.25) is 0 Å². The van der Waals surface area contributed by atoms with Gasteiger partial charge in [0.1, 0.15) is 6.04 Å². The number of carboxylic acid groups (broad SMARTS) is 1. The Kier molecular flexibility index (Phi) is 8.99. The fourth-order valence-electron chi connectivity index (χ4n) is 1.56. The predicted molar refractivity (Wildman–Crippen MR) is 77.5 cm³/mol. The average molecular weight is 485 g/mol. The van der Waals surface area contributed by atoms with Crippen molar-refractivity contribution in [3.05, 3.63) is 0 Å². The quantitative estimate of drug-likeness (QED) is 0.153. The molecule has 30 heavy (non-hydrogen) atoms. The van der Waals surface area contributed by atoms with E-state index in [1.807, 2.05) is 0 Å². The van der Waals surface area contributed by atoms with Gasteiger partial charge in [0, 0.05) is 12.8 Å². The van der Waals surface area contributed by atoms with E-state index < -0.39 is 83.8 Å². The van der Waals surface area contributed by atoms with Crippen LogP contribution in [0.1, 0.15) is 25.7 Å². The standard InChI is InChI=1S/C12H15F8NO8S/c13-9(14,4-1-5-28-8(24)6(21)2-3-7(22)23)10(15,16)29-11(17,18)12(19,20)30(25,26)27/h6H,1-5,21H2,(H,22,23)(H,25,26,27)/t6-/m0/s1. The van der Waals surface area contributed by atoms with Crippen molar-refractivity contribution >= 4 is 22.1 Å². The van der Waals surface area contributed by atoms with Crippen molar-refractivity contribution in [3.8, 4) is 0 Å².